The third-order valence-electron chi connectivity index (χ3n) is 4.66. The second-order valence-electron chi connectivity index (χ2n) is 7.08. The Balaban J connectivity index is 2.26. The smallest absolute Gasteiger partial charge is 0.253 e. The first-order valence-electron chi connectivity index (χ1n) is 10.0. The van der Waals surface area contributed by atoms with E-state index in [2.05, 4.69) is 10.6 Å². The molecule has 0 heterocycles. The Hall–Kier alpha value is -3.07. The Labute approximate surface area is 183 Å². The predicted molar refractivity (Wildman–Crippen MR) is 122 cm³/mol. The van der Waals surface area contributed by atoms with Gasteiger partial charge in [0.2, 0.25) is 15.9 Å². The van der Waals surface area contributed by atoms with Gasteiger partial charge in [0.15, 0.2) is 0 Å². The van der Waals surface area contributed by atoms with Crippen molar-refractivity contribution in [2.75, 3.05) is 29.5 Å². The van der Waals surface area contributed by atoms with Crippen molar-refractivity contribution in [3.63, 3.8) is 0 Å². The van der Waals surface area contributed by atoms with Crippen molar-refractivity contribution >= 4 is 33.2 Å². The number of sulfonamides is 1. The summed E-state index contributed by atoms with van der Waals surface area (Å²) >= 11 is 0. The van der Waals surface area contributed by atoms with Crippen LogP contribution in [0.4, 0.5) is 11.4 Å². The number of methoxy groups -OCH3 is 1. The molecule has 8 nitrogen and oxygen atoms in total. The molecule has 0 unspecified atom stereocenters. The zero-order chi connectivity index (χ0) is 23.0. The molecule has 9 heteroatoms. The summed E-state index contributed by atoms with van der Waals surface area (Å²) in [4.78, 5) is 25.4. The lowest BCUT2D eigenvalue weighted by Gasteiger charge is -2.28. The first-order valence-corrected chi connectivity index (χ1v) is 11.9. The van der Waals surface area contributed by atoms with Crippen molar-refractivity contribution in [3.05, 3.63) is 54.1 Å². The highest BCUT2D eigenvalue weighted by Gasteiger charge is 2.29. The molecule has 2 amide bonds. The van der Waals surface area contributed by atoms with Gasteiger partial charge in [-0.3, -0.25) is 13.9 Å². The summed E-state index contributed by atoms with van der Waals surface area (Å²) < 4.78 is 31.1. The highest BCUT2D eigenvalue weighted by atomic mass is 32.2. The number of benzene rings is 2. The fraction of sp³-hybridized carbons (Fsp3) is 0.364. The number of rotatable bonds is 10. The second kappa shape index (κ2) is 10.8. The molecule has 31 heavy (non-hydrogen) atoms. The number of amides is 2. The summed E-state index contributed by atoms with van der Waals surface area (Å²) in [6, 6.07) is 11.9. The van der Waals surface area contributed by atoms with Crippen LogP contribution in [0.1, 0.15) is 37.0 Å². The number of anilines is 2. The van der Waals surface area contributed by atoms with Gasteiger partial charge in [-0.15, -0.1) is 0 Å². The van der Waals surface area contributed by atoms with Gasteiger partial charge in [0.1, 0.15) is 11.8 Å². The van der Waals surface area contributed by atoms with Crippen molar-refractivity contribution in [2.24, 2.45) is 0 Å². The first kappa shape index (κ1) is 24.2. The van der Waals surface area contributed by atoms with Crippen molar-refractivity contribution in [3.8, 4) is 5.75 Å². The number of para-hydroxylation sites is 1. The van der Waals surface area contributed by atoms with E-state index >= 15 is 0 Å². The summed E-state index contributed by atoms with van der Waals surface area (Å²) in [5.74, 6) is -0.292. The summed E-state index contributed by atoms with van der Waals surface area (Å²) in [7, 11) is -2.25. The normalized spacial score (nSPS) is 12.0. The third-order valence-corrected chi connectivity index (χ3v) is 5.90. The van der Waals surface area contributed by atoms with Gasteiger partial charge < -0.3 is 15.4 Å². The van der Waals surface area contributed by atoms with Crippen LogP contribution in [0.15, 0.2) is 48.5 Å². The fourth-order valence-corrected chi connectivity index (χ4v) is 4.21. The van der Waals surface area contributed by atoms with E-state index in [4.69, 9.17) is 4.74 Å². The molecular weight excluding hydrogens is 418 g/mol. The molecule has 2 aromatic rings. The minimum atomic E-state index is -3.76. The molecule has 0 radical (unpaired) electrons. The van der Waals surface area contributed by atoms with Crippen LogP contribution in [0.2, 0.25) is 0 Å². The first-order chi connectivity index (χ1) is 14.7. The summed E-state index contributed by atoms with van der Waals surface area (Å²) in [6.45, 7) is 4.05. The third kappa shape index (κ3) is 6.45. The molecule has 2 N–H and O–H groups in total. The molecule has 2 aromatic carbocycles. The van der Waals surface area contributed by atoms with Crippen molar-refractivity contribution in [1.29, 1.82) is 0 Å². The zero-order valence-electron chi connectivity index (χ0n) is 18.2. The fourth-order valence-electron chi connectivity index (χ4n) is 3.04. The Morgan fingerprint density at radius 2 is 1.74 bits per heavy atom. The molecule has 0 fully saturated rings. The Kier molecular flexibility index (Phi) is 8.44. The van der Waals surface area contributed by atoms with Crippen LogP contribution < -0.4 is 19.7 Å². The summed E-state index contributed by atoms with van der Waals surface area (Å²) in [5.41, 5.74) is 0.961. The van der Waals surface area contributed by atoms with E-state index in [9.17, 15) is 18.0 Å². The number of carbonyl (C=O) groups is 2. The molecule has 0 aromatic heterocycles. The van der Waals surface area contributed by atoms with Gasteiger partial charge in [0.05, 0.1) is 30.3 Å². The Morgan fingerprint density at radius 3 is 2.32 bits per heavy atom. The SMILES string of the molecule is CCCCNC(=O)c1ccccc1NC(=O)[C@@H](C)N(c1ccc(OC)cc1)S(C)(=O)=O. The van der Waals surface area contributed by atoms with Crippen LogP contribution in [0.3, 0.4) is 0 Å². The molecule has 168 valence electrons. The van der Waals surface area contributed by atoms with Crippen molar-refractivity contribution in [2.45, 2.75) is 32.7 Å². The number of hydrogen-bond acceptors (Lipinski definition) is 5. The zero-order valence-corrected chi connectivity index (χ0v) is 19.0. The van der Waals surface area contributed by atoms with E-state index in [-0.39, 0.29) is 5.91 Å². The number of hydrogen-bond donors (Lipinski definition) is 2. The summed E-state index contributed by atoms with van der Waals surface area (Å²) in [6.07, 6.45) is 2.83. The van der Waals surface area contributed by atoms with Gasteiger partial charge in [0.25, 0.3) is 5.91 Å². The van der Waals surface area contributed by atoms with Crippen molar-refractivity contribution in [1.82, 2.24) is 5.32 Å². The molecule has 0 spiro atoms. The van der Waals surface area contributed by atoms with Gasteiger partial charge in [-0.25, -0.2) is 8.42 Å². The molecule has 0 aliphatic heterocycles. The molecule has 0 aliphatic rings. The van der Waals surface area contributed by atoms with Crippen LogP contribution >= 0.6 is 0 Å². The monoisotopic (exact) mass is 447 g/mol. The summed E-state index contributed by atoms with van der Waals surface area (Å²) in [5, 5.41) is 5.51. The predicted octanol–water partition coefficient (Wildman–Crippen LogP) is 3.02. The molecule has 0 aliphatic carbocycles. The highest BCUT2D eigenvalue weighted by molar-refractivity contribution is 7.92. The molecular formula is C22H29N3O5S. The number of nitrogens with zero attached hydrogens (tertiary/aromatic N) is 1. The maximum atomic E-state index is 13.0. The topological polar surface area (TPSA) is 105 Å². The van der Waals surface area contributed by atoms with Gasteiger partial charge in [-0.1, -0.05) is 25.5 Å². The average molecular weight is 448 g/mol. The molecule has 0 bridgehead atoms. The van der Waals surface area contributed by atoms with E-state index < -0.39 is 22.0 Å². The minimum absolute atomic E-state index is 0.299. The standard InChI is InChI=1S/C22H29N3O5S/c1-5-6-15-23-22(27)19-9-7-8-10-20(19)24-21(26)16(2)25(31(4,28)29)17-11-13-18(30-3)14-12-17/h7-14,16H,5-6,15H2,1-4H3,(H,23,27)(H,24,26)/t16-/m1/s1. The lowest BCUT2D eigenvalue weighted by Crippen LogP contribution is -2.45. The van der Waals surface area contributed by atoms with Gasteiger partial charge in [0, 0.05) is 6.54 Å². The average Bonchev–Trinajstić information content (AvgIpc) is 2.73. The number of unbranched alkanes of at least 4 members (excludes halogenated alkanes) is 1. The van der Waals surface area contributed by atoms with Crippen LogP contribution in [0.5, 0.6) is 5.75 Å². The van der Waals surface area contributed by atoms with Crippen LogP contribution in [0.25, 0.3) is 0 Å². The largest absolute Gasteiger partial charge is 0.497 e. The van der Waals surface area contributed by atoms with Crippen LogP contribution in [0, 0.1) is 0 Å². The Bertz CT molecular complexity index is 1010. The lowest BCUT2D eigenvalue weighted by molar-refractivity contribution is -0.116. The number of carbonyl (C=O) groups excluding carboxylic acids is 2. The van der Waals surface area contributed by atoms with E-state index in [0.717, 1.165) is 23.4 Å². The maximum Gasteiger partial charge on any atom is 0.253 e. The highest BCUT2D eigenvalue weighted by Crippen LogP contribution is 2.25. The number of ether oxygens (including phenoxy) is 1. The number of nitrogens with one attached hydrogen (secondary N) is 2. The van der Waals surface area contributed by atoms with Crippen LogP contribution in [-0.4, -0.2) is 46.2 Å². The molecule has 2 rings (SSSR count). The van der Waals surface area contributed by atoms with Gasteiger partial charge >= 0.3 is 0 Å². The quantitative estimate of drug-likeness (QED) is 0.545. The lowest BCUT2D eigenvalue weighted by atomic mass is 10.1. The Morgan fingerprint density at radius 1 is 1.10 bits per heavy atom. The molecule has 0 saturated carbocycles. The molecule has 0 saturated heterocycles. The molecule has 1 atom stereocenters. The van der Waals surface area contributed by atoms with Crippen LogP contribution in [-0.2, 0) is 14.8 Å². The van der Waals surface area contributed by atoms with Gasteiger partial charge in [-0.05, 0) is 49.7 Å². The second-order valence-corrected chi connectivity index (χ2v) is 8.94. The van der Waals surface area contributed by atoms with E-state index in [1.165, 1.54) is 14.0 Å². The maximum absolute atomic E-state index is 13.0. The van der Waals surface area contributed by atoms with E-state index in [1.54, 1.807) is 48.5 Å². The van der Waals surface area contributed by atoms with E-state index in [1.807, 2.05) is 6.92 Å². The van der Waals surface area contributed by atoms with E-state index in [0.29, 0.717) is 29.2 Å². The van der Waals surface area contributed by atoms with Crippen molar-refractivity contribution < 1.29 is 22.7 Å². The minimum Gasteiger partial charge on any atom is -0.497 e. The van der Waals surface area contributed by atoms with Gasteiger partial charge in [-0.2, -0.15) is 0 Å².